The van der Waals surface area contributed by atoms with E-state index in [1.165, 1.54) is 5.56 Å². The second-order valence-electron chi connectivity index (χ2n) is 2.36. The minimum absolute atomic E-state index is 1.05. The summed E-state index contributed by atoms with van der Waals surface area (Å²) in [6, 6.07) is 8.24. The third kappa shape index (κ3) is 1.84. The van der Waals surface area contributed by atoms with Crippen molar-refractivity contribution in [3.05, 3.63) is 42.6 Å². The molecule has 1 rings (SSSR count). The highest BCUT2D eigenvalue weighted by atomic mass is 14.8. The summed E-state index contributed by atoms with van der Waals surface area (Å²) in [5, 5.41) is 3.09. The molecule has 0 aliphatic heterocycles. The van der Waals surface area contributed by atoms with Crippen LogP contribution in [0.15, 0.2) is 37.0 Å². The van der Waals surface area contributed by atoms with Crippen molar-refractivity contribution in [3.8, 4) is 0 Å². The van der Waals surface area contributed by atoms with E-state index in [9.17, 15) is 0 Å². The number of anilines is 1. The van der Waals surface area contributed by atoms with Crippen LogP contribution in [0.2, 0.25) is 0 Å². The molecular weight excluding hydrogens is 134 g/mol. The lowest BCUT2D eigenvalue weighted by molar-refractivity contribution is 1.14. The Labute approximate surface area is 67.8 Å². The number of para-hydroxylation sites is 1. The van der Waals surface area contributed by atoms with Gasteiger partial charge in [-0.1, -0.05) is 31.7 Å². The average molecular weight is 147 g/mol. The smallest absolute Gasteiger partial charge is 0.0411 e. The monoisotopic (exact) mass is 147 g/mol. The number of hydrogen-bond acceptors (Lipinski definition) is 1. The average Bonchev–Trinajstić information content (AvgIpc) is 2.06. The Balaban J connectivity index is 2.92. The molecule has 1 heteroatoms. The van der Waals surface area contributed by atoms with Gasteiger partial charge in [0, 0.05) is 5.69 Å². The van der Waals surface area contributed by atoms with Gasteiger partial charge < -0.3 is 5.32 Å². The fourth-order valence-electron chi connectivity index (χ4n) is 1.08. The van der Waals surface area contributed by atoms with Crippen molar-refractivity contribution in [1.29, 1.82) is 0 Å². The Morgan fingerprint density at radius 1 is 1.45 bits per heavy atom. The Kier molecular flexibility index (Phi) is 2.73. The molecule has 0 amide bonds. The van der Waals surface area contributed by atoms with Crippen molar-refractivity contribution in [3.63, 3.8) is 0 Å². The summed E-state index contributed by atoms with van der Waals surface area (Å²) in [4.78, 5) is 0. The van der Waals surface area contributed by atoms with Crippen LogP contribution in [0.25, 0.3) is 0 Å². The lowest BCUT2D eigenvalue weighted by atomic mass is 10.1. The van der Waals surface area contributed by atoms with Gasteiger partial charge in [-0.2, -0.15) is 0 Å². The first kappa shape index (κ1) is 7.86. The van der Waals surface area contributed by atoms with Crippen LogP contribution in [0.5, 0.6) is 0 Å². The minimum Gasteiger partial charge on any atom is -0.362 e. The fourth-order valence-corrected chi connectivity index (χ4v) is 1.08. The summed E-state index contributed by atoms with van der Waals surface area (Å²) in [7, 11) is 0. The summed E-state index contributed by atoms with van der Waals surface area (Å²) >= 11 is 0. The number of rotatable bonds is 3. The van der Waals surface area contributed by atoms with Crippen molar-refractivity contribution in [2.45, 2.75) is 13.3 Å². The van der Waals surface area contributed by atoms with Crippen molar-refractivity contribution in [2.24, 2.45) is 0 Å². The van der Waals surface area contributed by atoms with E-state index in [0.29, 0.717) is 0 Å². The molecule has 0 aliphatic rings. The second kappa shape index (κ2) is 3.81. The molecule has 0 aromatic heterocycles. The van der Waals surface area contributed by atoms with Gasteiger partial charge in [0.25, 0.3) is 0 Å². The van der Waals surface area contributed by atoms with Gasteiger partial charge in [-0.15, -0.1) is 0 Å². The predicted molar refractivity (Wildman–Crippen MR) is 49.6 cm³/mol. The quantitative estimate of drug-likeness (QED) is 0.693. The predicted octanol–water partition coefficient (Wildman–Crippen LogP) is 2.80. The molecule has 58 valence electrons. The Bertz CT molecular complexity index is 240. The van der Waals surface area contributed by atoms with E-state index in [1.807, 2.05) is 12.1 Å². The Hall–Kier alpha value is -1.24. The highest BCUT2D eigenvalue weighted by molar-refractivity contribution is 5.52. The molecule has 0 bridgehead atoms. The van der Waals surface area contributed by atoms with E-state index in [2.05, 4.69) is 31.0 Å². The third-order valence-corrected chi connectivity index (χ3v) is 1.66. The number of aryl methyl sites for hydroxylation is 1. The molecule has 0 saturated carbocycles. The van der Waals surface area contributed by atoms with Crippen molar-refractivity contribution in [2.75, 3.05) is 5.32 Å². The zero-order valence-electron chi connectivity index (χ0n) is 6.80. The zero-order chi connectivity index (χ0) is 8.10. The third-order valence-electron chi connectivity index (χ3n) is 1.66. The number of nitrogens with one attached hydrogen (secondary N) is 1. The maximum Gasteiger partial charge on any atom is 0.0411 e. The van der Waals surface area contributed by atoms with Crippen LogP contribution in [-0.4, -0.2) is 0 Å². The van der Waals surface area contributed by atoms with Crippen LogP contribution in [0.3, 0.4) is 0 Å². The maximum atomic E-state index is 3.62. The normalized spacial score (nSPS) is 9.18. The topological polar surface area (TPSA) is 12.0 Å². The van der Waals surface area contributed by atoms with E-state index < -0.39 is 0 Å². The lowest BCUT2D eigenvalue weighted by Crippen LogP contribution is -1.91. The van der Waals surface area contributed by atoms with E-state index >= 15 is 0 Å². The van der Waals surface area contributed by atoms with Gasteiger partial charge in [-0.3, -0.25) is 0 Å². The zero-order valence-corrected chi connectivity index (χ0v) is 6.80. The molecular formula is C10H13N. The Morgan fingerprint density at radius 3 is 2.82 bits per heavy atom. The highest BCUT2D eigenvalue weighted by Gasteiger charge is 1.94. The standard InChI is InChI=1S/C10H13N/c1-3-9-7-5-6-8-10(9)11-4-2/h4-8,11H,2-3H2,1H3. The van der Waals surface area contributed by atoms with Crippen molar-refractivity contribution >= 4 is 5.69 Å². The van der Waals surface area contributed by atoms with E-state index in [1.54, 1.807) is 6.20 Å². The molecule has 11 heavy (non-hydrogen) atoms. The summed E-state index contributed by atoms with van der Waals surface area (Å²) in [6.45, 7) is 5.76. The first-order chi connectivity index (χ1) is 5.38. The molecule has 0 heterocycles. The molecule has 0 atom stereocenters. The second-order valence-corrected chi connectivity index (χ2v) is 2.36. The van der Waals surface area contributed by atoms with Gasteiger partial charge in [0.05, 0.1) is 0 Å². The van der Waals surface area contributed by atoms with Crippen LogP contribution < -0.4 is 5.32 Å². The maximum absolute atomic E-state index is 3.62. The summed E-state index contributed by atoms with van der Waals surface area (Å²) in [6.07, 6.45) is 2.76. The van der Waals surface area contributed by atoms with Gasteiger partial charge in [0.1, 0.15) is 0 Å². The molecule has 1 nitrogen and oxygen atoms in total. The molecule has 1 N–H and O–H groups in total. The van der Waals surface area contributed by atoms with E-state index in [4.69, 9.17) is 0 Å². The highest BCUT2D eigenvalue weighted by Crippen LogP contribution is 2.14. The van der Waals surface area contributed by atoms with Gasteiger partial charge in [-0.05, 0) is 24.3 Å². The fraction of sp³-hybridized carbons (Fsp3) is 0.200. The largest absolute Gasteiger partial charge is 0.362 e. The first-order valence-electron chi connectivity index (χ1n) is 3.83. The van der Waals surface area contributed by atoms with E-state index in [-0.39, 0.29) is 0 Å². The van der Waals surface area contributed by atoms with Gasteiger partial charge in [-0.25, -0.2) is 0 Å². The molecule has 0 spiro atoms. The molecule has 1 aromatic rings. The minimum atomic E-state index is 1.05. The number of hydrogen-bond donors (Lipinski definition) is 1. The molecule has 0 fully saturated rings. The molecule has 0 aliphatic carbocycles. The molecule has 0 radical (unpaired) electrons. The van der Waals surface area contributed by atoms with Crippen LogP contribution in [0.1, 0.15) is 12.5 Å². The summed E-state index contributed by atoms with van der Waals surface area (Å²) in [5.74, 6) is 0. The Morgan fingerprint density at radius 2 is 2.18 bits per heavy atom. The van der Waals surface area contributed by atoms with Crippen molar-refractivity contribution in [1.82, 2.24) is 0 Å². The van der Waals surface area contributed by atoms with Crippen LogP contribution in [0.4, 0.5) is 5.69 Å². The van der Waals surface area contributed by atoms with Gasteiger partial charge in [0.15, 0.2) is 0 Å². The van der Waals surface area contributed by atoms with Crippen LogP contribution in [0, 0.1) is 0 Å². The van der Waals surface area contributed by atoms with Crippen molar-refractivity contribution < 1.29 is 0 Å². The number of benzene rings is 1. The molecule has 0 saturated heterocycles. The SMILES string of the molecule is C=CNc1ccccc1CC. The first-order valence-corrected chi connectivity index (χ1v) is 3.83. The molecule has 1 aromatic carbocycles. The summed E-state index contributed by atoms with van der Waals surface area (Å²) < 4.78 is 0. The van der Waals surface area contributed by atoms with E-state index in [0.717, 1.165) is 12.1 Å². The lowest BCUT2D eigenvalue weighted by Gasteiger charge is -2.05. The van der Waals surface area contributed by atoms with Crippen LogP contribution in [-0.2, 0) is 6.42 Å². The van der Waals surface area contributed by atoms with Crippen LogP contribution >= 0.6 is 0 Å². The van der Waals surface area contributed by atoms with Gasteiger partial charge >= 0.3 is 0 Å². The van der Waals surface area contributed by atoms with Gasteiger partial charge in [0.2, 0.25) is 0 Å². The molecule has 0 unspecified atom stereocenters. The summed E-state index contributed by atoms with van der Waals surface area (Å²) in [5.41, 5.74) is 2.48.